The quantitative estimate of drug-likeness (QED) is 0.760. The van der Waals surface area contributed by atoms with Gasteiger partial charge < -0.3 is 9.73 Å². The van der Waals surface area contributed by atoms with Gasteiger partial charge in [-0.05, 0) is 48.0 Å². The summed E-state index contributed by atoms with van der Waals surface area (Å²) in [6, 6.07) is 4.31. The van der Waals surface area contributed by atoms with E-state index >= 15 is 0 Å². The highest BCUT2D eigenvalue weighted by Crippen LogP contribution is 2.34. The second-order valence-corrected chi connectivity index (χ2v) is 8.18. The van der Waals surface area contributed by atoms with Crippen molar-refractivity contribution < 1.29 is 13.2 Å². The van der Waals surface area contributed by atoms with Gasteiger partial charge in [0.25, 0.3) is 0 Å². The third-order valence-electron chi connectivity index (χ3n) is 5.67. The second-order valence-electron chi connectivity index (χ2n) is 7.39. The first-order valence-corrected chi connectivity index (χ1v) is 10.1. The topological polar surface area (TPSA) is 65.1 Å². The van der Waals surface area contributed by atoms with Gasteiger partial charge in [0.1, 0.15) is 24.2 Å². The average Bonchev–Trinajstić information content (AvgIpc) is 3.11. The number of nitrogens with zero attached hydrogens (tertiary/aromatic N) is 3. The van der Waals surface area contributed by atoms with E-state index in [4.69, 9.17) is 9.68 Å². The lowest BCUT2D eigenvalue weighted by atomic mass is 9.89. The highest BCUT2D eigenvalue weighted by Gasteiger charge is 2.34. The van der Waals surface area contributed by atoms with E-state index in [1.54, 1.807) is 12.3 Å². The first-order chi connectivity index (χ1) is 13.0. The van der Waals surface area contributed by atoms with Crippen LogP contribution in [0.3, 0.4) is 0 Å². The van der Waals surface area contributed by atoms with E-state index in [0.29, 0.717) is 24.6 Å². The van der Waals surface area contributed by atoms with Crippen molar-refractivity contribution in [2.75, 3.05) is 18.4 Å². The highest BCUT2D eigenvalue weighted by atomic mass is 79.9. The van der Waals surface area contributed by atoms with Crippen molar-refractivity contribution in [3.63, 3.8) is 0 Å². The molecule has 4 rings (SSSR count). The summed E-state index contributed by atoms with van der Waals surface area (Å²) in [5.41, 5.74) is 0.574. The molecule has 1 N–H and O–H groups in total. The molecule has 5 nitrogen and oxygen atoms in total. The summed E-state index contributed by atoms with van der Waals surface area (Å²) in [6.45, 7) is 0.866. The van der Waals surface area contributed by atoms with Crippen molar-refractivity contribution in [3.05, 3.63) is 22.5 Å². The average molecular weight is 439 g/mol. The Balaban J connectivity index is 1.37. The van der Waals surface area contributed by atoms with Crippen molar-refractivity contribution >= 4 is 32.7 Å². The molecular formula is C19H21BrF2N4O. The lowest BCUT2D eigenvalue weighted by Crippen LogP contribution is -2.49. The van der Waals surface area contributed by atoms with Gasteiger partial charge in [-0.3, -0.25) is 4.90 Å². The Morgan fingerprint density at radius 2 is 2.00 bits per heavy atom. The molecule has 0 bridgehead atoms. The van der Waals surface area contributed by atoms with Crippen LogP contribution in [0.5, 0.6) is 0 Å². The summed E-state index contributed by atoms with van der Waals surface area (Å²) >= 11 is 3.56. The summed E-state index contributed by atoms with van der Waals surface area (Å²) in [6.07, 6.45) is 3.10. The van der Waals surface area contributed by atoms with E-state index in [9.17, 15) is 8.78 Å². The third-order valence-corrected chi connectivity index (χ3v) is 6.48. The Morgan fingerprint density at radius 3 is 2.70 bits per heavy atom. The fourth-order valence-electron chi connectivity index (χ4n) is 4.15. The molecule has 0 spiro atoms. The standard InChI is InChI=1S/C19H21BrF2N4O/c20-18-14-7-13(8-23)27-17(14)9-24-19(18)25-11-1-3-12(4-2-11)26-6-5-15(21)16(22)10-26/h7,9,11-12,15-16H,1-6,10H2,(H,24,25)/t11?,12?,15-,16+/m1/s1. The number of fused-ring (bicyclic) bond motifs is 1. The maximum atomic E-state index is 13.7. The number of nitrogens with one attached hydrogen (secondary N) is 1. The van der Waals surface area contributed by atoms with Gasteiger partial charge in [-0.2, -0.15) is 5.26 Å². The SMILES string of the molecule is N#Cc1cc2c(Br)c(NC3CCC(N4CC[C@@H](F)[C@@H](F)C4)CC3)ncc2o1. The molecule has 2 atom stereocenters. The van der Waals surface area contributed by atoms with Crippen LogP contribution in [0.1, 0.15) is 37.9 Å². The largest absolute Gasteiger partial charge is 0.444 e. The molecule has 1 aliphatic carbocycles. The van der Waals surface area contributed by atoms with Gasteiger partial charge in [0, 0.05) is 36.6 Å². The molecule has 144 valence electrons. The van der Waals surface area contributed by atoms with E-state index in [1.165, 1.54) is 0 Å². The van der Waals surface area contributed by atoms with Crippen molar-refractivity contribution in [2.45, 2.75) is 56.5 Å². The van der Waals surface area contributed by atoms with Gasteiger partial charge in [0.05, 0.1) is 10.7 Å². The number of piperidine rings is 1. The van der Waals surface area contributed by atoms with E-state index in [-0.39, 0.29) is 18.3 Å². The zero-order chi connectivity index (χ0) is 19.0. The second kappa shape index (κ2) is 7.72. The van der Waals surface area contributed by atoms with Gasteiger partial charge in [-0.25, -0.2) is 13.8 Å². The summed E-state index contributed by atoms with van der Waals surface area (Å²) in [5, 5.41) is 13.3. The Hall–Kier alpha value is -1.72. The van der Waals surface area contributed by atoms with Gasteiger partial charge in [-0.15, -0.1) is 0 Å². The number of likely N-dealkylation sites (tertiary alicyclic amines) is 1. The molecule has 2 aromatic heterocycles. The van der Waals surface area contributed by atoms with Crippen LogP contribution in [-0.4, -0.2) is 47.4 Å². The number of nitriles is 1. The van der Waals surface area contributed by atoms with Gasteiger partial charge >= 0.3 is 0 Å². The van der Waals surface area contributed by atoms with Crippen LogP contribution in [0.2, 0.25) is 0 Å². The molecule has 0 amide bonds. The molecule has 3 heterocycles. The minimum absolute atomic E-state index is 0.218. The van der Waals surface area contributed by atoms with Crippen LogP contribution in [-0.2, 0) is 0 Å². The minimum atomic E-state index is -1.35. The molecule has 2 fully saturated rings. The molecule has 1 aliphatic heterocycles. The van der Waals surface area contributed by atoms with E-state index in [2.05, 4.69) is 31.1 Å². The Morgan fingerprint density at radius 1 is 1.22 bits per heavy atom. The zero-order valence-electron chi connectivity index (χ0n) is 14.8. The number of halogens is 3. The van der Waals surface area contributed by atoms with Crippen molar-refractivity contribution in [3.8, 4) is 6.07 Å². The summed E-state index contributed by atoms with van der Waals surface area (Å²) in [4.78, 5) is 6.53. The Kier molecular flexibility index (Phi) is 5.33. The molecule has 1 saturated heterocycles. The van der Waals surface area contributed by atoms with Crippen LogP contribution >= 0.6 is 15.9 Å². The number of furan rings is 1. The number of rotatable bonds is 3. The third kappa shape index (κ3) is 3.81. The summed E-state index contributed by atoms with van der Waals surface area (Å²) < 4.78 is 33.2. The van der Waals surface area contributed by atoms with E-state index in [0.717, 1.165) is 41.4 Å². The molecule has 2 aromatic rings. The summed E-state index contributed by atoms with van der Waals surface area (Å²) in [5.74, 6) is 0.992. The normalized spacial score (nSPS) is 29.6. The first-order valence-electron chi connectivity index (χ1n) is 9.32. The van der Waals surface area contributed by atoms with Gasteiger partial charge in [0.15, 0.2) is 5.58 Å². The van der Waals surface area contributed by atoms with Crippen LogP contribution in [0.25, 0.3) is 11.0 Å². The number of anilines is 1. The van der Waals surface area contributed by atoms with Crippen molar-refractivity contribution in [1.82, 2.24) is 9.88 Å². The minimum Gasteiger partial charge on any atom is -0.444 e. The molecule has 1 saturated carbocycles. The summed E-state index contributed by atoms with van der Waals surface area (Å²) in [7, 11) is 0. The fourth-order valence-corrected chi connectivity index (χ4v) is 4.67. The van der Waals surface area contributed by atoms with Gasteiger partial charge in [0.2, 0.25) is 5.76 Å². The number of pyridine rings is 1. The smallest absolute Gasteiger partial charge is 0.204 e. The molecular weight excluding hydrogens is 418 g/mol. The van der Waals surface area contributed by atoms with Crippen LogP contribution in [0, 0.1) is 11.3 Å². The first kappa shape index (κ1) is 18.6. The van der Waals surface area contributed by atoms with Crippen molar-refractivity contribution in [1.29, 1.82) is 5.26 Å². The van der Waals surface area contributed by atoms with E-state index in [1.807, 2.05) is 6.07 Å². The predicted octanol–water partition coefficient (Wildman–Crippen LogP) is 4.57. The zero-order valence-corrected chi connectivity index (χ0v) is 16.4. The Labute approximate surface area is 164 Å². The van der Waals surface area contributed by atoms with Crippen LogP contribution < -0.4 is 5.32 Å². The predicted molar refractivity (Wildman–Crippen MR) is 102 cm³/mol. The van der Waals surface area contributed by atoms with Crippen LogP contribution in [0.15, 0.2) is 21.2 Å². The molecule has 0 aromatic carbocycles. The van der Waals surface area contributed by atoms with E-state index < -0.39 is 12.3 Å². The number of aromatic nitrogens is 1. The molecule has 27 heavy (non-hydrogen) atoms. The lowest BCUT2D eigenvalue weighted by molar-refractivity contribution is 0.0260. The highest BCUT2D eigenvalue weighted by molar-refractivity contribution is 9.10. The molecule has 8 heteroatoms. The maximum Gasteiger partial charge on any atom is 0.204 e. The fraction of sp³-hybridized carbons (Fsp3) is 0.579. The number of alkyl halides is 2. The number of hydrogen-bond donors (Lipinski definition) is 1. The van der Waals surface area contributed by atoms with Crippen molar-refractivity contribution in [2.24, 2.45) is 0 Å². The molecule has 0 unspecified atom stereocenters. The molecule has 0 radical (unpaired) electrons. The number of hydrogen-bond acceptors (Lipinski definition) is 5. The Bertz CT molecular complexity index is 859. The van der Waals surface area contributed by atoms with Gasteiger partial charge in [-0.1, -0.05) is 0 Å². The lowest BCUT2D eigenvalue weighted by Gasteiger charge is -2.40. The van der Waals surface area contributed by atoms with Crippen LogP contribution in [0.4, 0.5) is 14.6 Å². The monoisotopic (exact) mass is 438 g/mol. The molecule has 2 aliphatic rings. The maximum absolute atomic E-state index is 13.7.